The number of hydrogen-bond donors (Lipinski definition) is 3. The highest BCUT2D eigenvalue weighted by Crippen LogP contribution is 2.22. The molecular weight excluding hydrogens is 388 g/mol. The first-order valence-corrected chi connectivity index (χ1v) is 10.6. The number of nitrogens with one attached hydrogen (secondary N) is 3. The number of benzene rings is 1. The van der Waals surface area contributed by atoms with E-state index >= 15 is 0 Å². The summed E-state index contributed by atoms with van der Waals surface area (Å²) in [7, 11) is 0. The Hall–Kier alpha value is -2.88. The van der Waals surface area contributed by atoms with Gasteiger partial charge in [-0.3, -0.25) is 4.79 Å². The fourth-order valence-electron chi connectivity index (χ4n) is 2.70. The van der Waals surface area contributed by atoms with Crippen LogP contribution < -0.4 is 16.0 Å². The van der Waals surface area contributed by atoms with Gasteiger partial charge in [-0.25, -0.2) is 4.40 Å². The zero-order chi connectivity index (χ0) is 20.8. The molecule has 0 saturated heterocycles. The number of amides is 1. The summed E-state index contributed by atoms with van der Waals surface area (Å²) in [4.78, 5) is 21.3. The van der Waals surface area contributed by atoms with Crippen molar-refractivity contribution < 1.29 is 4.79 Å². The maximum Gasteiger partial charge on any atom is 0.261 e. The molecule has 0 radical (unpaired) electrons. The first-order chi connectivity index (χ1) is 14.0. The summed E-state index contributed by atoms with van der Waals surface area (Å²) in [5, 5.41) is 18.1. The maximum atomic E-state index is 12.4. The molecule has 0 bridgehead atoms. The van der Waals surface area contributed by atoms with E-state index in [0.717, 1.165) is 5.69 Å². The monoisotopic (exact) mass is 414 g/mol. The average Bonchev–Trinajstić information content (AvgIpc) is 3.10. The molecule has 0 aliphatic rings. The first kappa shape index (κ1) is 20.8. The third kappa shape index (κ3) is 5.14. The van der Waals surface area contributed by atoms with Crippen molar-refractivity contribution in [2.24, 2.45) is 0 Å². The van der Waals surface area contributed by atoms with Crippen LogP contribution in [0.4, 0.5) is 17.6 Å². The van der Waals surface area contributed by atoms with Gasteiger partial charge >= 0.3 is 0 Å². The number of nitrogens with zero attached hydrogens (tertiary/aromatic N) is 5. The predicted octanol–water partition coefficient (Wildman–Crippen LogP) is 3.24. The lowest BCUT2D eigenvalue weighted by Gasteiger charge is -2.10. The van der Waals surface area contributed by atoms with E-state index in [1.54, 1.807) is 4.40 Å². The van der Waals surface area contributed by atoms with Crippen LogP contribution in [0.15, 0.2) is 29.4 Å². The van der Waals surface area contributed by atoms with E-state index in [-0.39, 0.29) is 11.7 Å². The Kier molecular flexibility index (Phi) is 6.86. The summed E-state index contributed by atoms with van der Waals surface area (Å²) in [6, 6.07) is 7.90. The maximum absolute atomic E-state index is 12.4. The van der Waals surface area contributed by atoms with Crippen LogP contribution in [0.1, 0.15) is 39.2 Å². The van der Waals surface area contributed by atoms with Gasteiger partial charge < -0.3 is 16.0 Å². The first-order valence-electron chi connectivity index (χ1n) is 9.65. The number of hydrogen-bond acceptors (Lipinski definition) is 8. The van der Waals surface area contributed by atoms with Gasteiger partial charge in [-0.2, -0.15) is 9.97 Å². The standard InChI is InChI=1S/C19H26N8OS/c1-5-20-16-23-17(21-6-2)27-18(24-16)25-26-19(27)29-11-15(28)22-14-9-7-8-13(10-14)12(3)4/h7-10,12H,5-6,11H2,1-4H3,(H,22,28)(H2,20,21,23,24,25). The molecule has 154 valence electrons. The summed E-state index contributed by atoms with van der Waals surface area (Å²) in [6.07, 6.45) is 0. The molecule has 2 aromatic heterocycles. The van der Waals surface area contributed by atoms with Gasteiger partial charge in [-0.15, -0.1) is 10.2 Å². The summed E-state index contributed by atoms with van der Waals surface area (Å²) < 4.78 is 1.72. The highest BCUT2D eigenvalue weighted by molar-refractivity contribution is 7.99. The number of rotatable bonds is 9. The van der Waals surface area contributed by atoms with Crippen molar-refractivity contribution in [3.05, 3.63) is 29.8 Å². The number of aromatic nitrogens is 5. The summed E-state index contributed by atoms with van der Waals surface area (Å²) >= 11 is 1.29. The van der Waals surface area contributed by atoms with Gasteiger partial charge in [0.1, 0.15) is 0 Å². The summed E-state index contributed by atoms with van der Waals surface area (Å²) in [5.74, 6) is 2.00. The van der Waals surface area contributed by atoms with Gasteiger partial charge in [0.15, 0.2) is 5.16 Å². The van der Waals surface area contributed by atoms with Crippen molar-refractivity contribution in [3.8, 4) is 0 Å². The molecule has 0 saturated carbocycles. The second-order valence-electron chi connectivity index (χ2n) is 6.67. The lowest BCUT2D eigenvalue weighted by molar-refractivity contribution is -0.113. The number of anilines is 3. The van der Waals surface area contributed by atoms with Crippen LogP contribution >= 0.6 is 11.8 Å². The van der Waals surface area contributed by atoms with E-state index in [1.165, 1.54) is 17.3 Å². The van der Waals surface area contributed by atoms with Crippen LogP contribution in [-0.4, -0.2) is 49.3 Å². The van der Waals surface area contributed by atoms with Crippen molar-refractivity contribution >= 4 is 41.0 Å². The molecule has 0 aliphatic heterocycles. The Balaban J connectivity index is 1.73. The Bertz CT molecular complexity index is 987. The molecule has 3 rings (SSSR count). The second-order valence-corrected chi connectivity index (χ2v) is 7.61. The molecule has 2 heterocycles. The van der Waals surface area contributed by atoms with Crippen LogP contribution in [-0.2, 0) is 4.79 Å². The van der Waals surface area contributed by atoms with Gasteiger partial charge in [0.25, 0.3) is 5.78 Å². The highest BCUT2D eigenvalue weighted by atomic mass is 32.2. The van der Waals surface area contributed by atoms with Crippen LogP contribution in [0.3, 0.4) is 0 Å². The third-order valence-corrected chi connectivity index (χ3v) is 5.01. The topological polar surface area (TPSA) is 109 Å². The third-order valence-electron chi connectivity index (χ3n) is 4.08. The minimum Gasteiger partial charge on any atom is -0.355 e. The van der Waals surface area contributed by atoms with Gasteiger partial charge in [-0.1, -0.05) is 37.7 Å². The van der Waals surface area contributed by atoms with Gasteiger partial charge in [-0.05, 0) is 37.5 Å². The Morgan fingerprint density at radius 3 is 2.66 bits per heavy atom. The molecular formula is C19H26N8OS. The lowest BCUT2D eigenvalue weighted by Crippen LogP contribution is -2.15. The zero-order valence-electron chi connectivity index (χ0n) is 17.1. The number of carbonyl (C=O) groups is 1. The van der Waals surface area contributed by atoms with Crippen molar-refractivity contribution in [2.75, 3.05) is 34.8 Å². The second kappa shape index (κ2) is 9.55. The largest absolute Gasteiger partial charge is 0.355 e. The molecule has 9 nitrogen and oxygen atoms in total. The number of thioether (sulfide) groups is 1. The molecule has 0 unspecified atom stereocenters. The Morgan fingerprint density at radius 2 is 1.93 bits per heavy atom. The molecule has 3 N–H and O–H groups in total. The van der Waals surface area contributed by atoms with Gasteiger partial charge in [0.05, 0.1) is 5.75 Å². The minimum atomic E-state index is -0.108. The molecule has 0 aliphatic carbocycles. The predicted molar refractivity (Wildman–Crippen MR) is 117 cm³/mol. The minimum absolute atomic E-state index is 0.108. The van der Waals surface area contributed by atoms with E-state index < -0.39 is 0 Å². The van der Waals surface area contributed by atoms with E-state index in [4.69, 9.17) is 0 Å². The zero-order valence-corrected chi connectivity index (χ0v) is 17.9. The Morgan fingerprint density at radius 1 is 1.14 bits per heavy atom. The number of fused-ring (bicyclic) bond motifs is 1. The van der Waals surface area contributed by atoms with E-state index in [2.05, 4.69) is 56.0 Å². The van der Waals surface area contributed by atoms with Gasteiger partial charge in [0.2, 0.25) is 17.8 Å². The average molecular weight is 415 g/mol. The SMILES string of the molecule is CCNc1nc(NCC)n2c(SCC(=O)Nc3cccc(C(C)C)c3)nnc2n1. The van der Waals surface area contributed by atoms with Crippen molar-refractivity contribution in [1.29, 1.82) is 0 Å². The fraction of sp³-hybridized carbons (Fsp3) is 0.421. The van der Waals surface area contributed by atoms with E-state index in [0.29, 0.717) is 41.8 Å². The molecule has 0 spiro atoms. The van der Waals surface area contributed by atoms with Gasteiger partial charge in [0, 0.05) is 18.8 Å². The molecule has 10 heteroatoms. The molecule has 0 atom stereocenters. The summed E-state index contributed by atoms with van der Waals surface area (Å²) in [6.45, 7) is 9.59. The van der Waals surface area contributed by atoms with Crippen molar-refractivity contribution in [2.45, 2.75) is 38.8 Å². The fourth-order valence-corrected chi connectivity index (χ4v) is 3.43. The Labute approximate surface area is 174 Å². The van der Waals surface area contributed by atoms with Crippen LogP contribution in [0, 0.1) is 0 Å². The van der Waals surface area contributed by atoms with Crippen LogP contribution in [0.5, 0.6) is 0 Å². The molecule has 1 amide bonds. The van der Waals surface area contributed by atoms with Crippen LogP contribution in [0.25, 0.3) is 5.78 Å². The van der Waals surface area contributed by atoms with Crippen LogP contribution in [0.2, 0.25) is 0 Å². The quantitative estimate of drug-likeness (QED) is 0.458. The van der Waals surface area contributed by atoms with E-state index in [1.807, 2.05) is 32.0 Å². The smallest absolute Gasteiger partial charge is 0.261 e. The lowest BCUT2D eigenvalue weighted by atomic mass is 10.0. The normalized spacial score (nSPS) is 11.1. The number of carbonyl (C=O) groups excluding carboxylic acids is 1. The highest BCUT2D eigenvalue weighted by Gasteiger charge is 2.16. The molecule has 1 aromatic carbocycles. The van der Waals surface area contributed by atoms with Crippen molar-refractivity contribution in [3.63, 3.8) is 0 Å². The molecule has 0 fully saturated rings. The summed E-state index contributed by atoms with van der Waals surface area (Å²) in [5.41, 5.74) is 1.97. The van der Waals surface area contributed by atoms with Crippen molar-refractivity contribution in [1.82, 2.24) is 24.6 Å². The molecule has 3 aromatic rings. The van der Waals surface area contributed by atoms with E-state index in [9.17, 15) is 4.79 Å². The molecule has 29 heavy (non-hydrogen) atoms.